The number of halogens is 1. The molecule has 0 unspecified atom stereocenters. The van der Waals surface area contributed by atoms with Gasteiger partial charge in [0.25, 0.3) is 5.91 Å². The summed E-state index contributed by atoms with van der Waals surface area (Å²) in [6.07, 6.45) is 0.938. The third-order valence-corrected chi connectivity index (χ3v) is 3.25. The fourth-order valence-electron chi connectivity index (χ4n) is 0.655. The minimum Gasteiger partial charge on any atom is -0.267 e. The first kappa shape index (κ1) is 10.7. The number of sulfonamides is 1. The second kappa shape index (κ2) is 3.77. The van der Waals surface area contributed by atoms with Gasteiger partial charge in [-0.15, -0.1) is 11.3 Å². The maximum absolute atomic E-state index is 11.2. The topological polar surface area (TPSA) is 63.2 Å². The van der Waals surface area contributed by atoms with Crippen molar-refractivity contribution in [3.63, 3.8) is 0 Å². The molecule has 0 radical (unpaired) electrons. The first-order chi connectivity index (χ1) is 5.88. The van der Waals surface area contributed by atoms with Gasteiger partial charge in [-0.1, -0.05) is 0 Å². The number of thiophene rings is 1. The zero-order valence-electron chi connectivity index (χ0n) is 6.57. The number of hydrogen-bond acceptors (Lipinski definition) is 4. The Morgan fingerprint density at radius 1 is 1.54 bits per heavy atom. The van der Waals surface area contributed by atoms with Crippen molar-refractivity contribution in [2.24, 2.45) is 0 Å². The predicted octanol–water partition coefficient (Wildman–Crippen LogP) is 1.20. The van der Waals surface area contributed by atoms with Gasteiger partial charge in [-0.25, -0.2) is 13.1 Å². The maximum Gasteiger partial charge on any atom is 0.274 e. The highest BCUT2D eigenvalue weighted by molar-refractivity contribution is 9.11. The molecule has 0 aliphatic heterocycles. The van der Waals surface area contributed by atoms with Crippen LogP contribution in [-0.2, 0) is 10.0 Å². The van der Waals surface area contributed by atoms with E-state index in [2.05, 4.69) is 15.9 Å². The van der Waals surface area contributed by atoms with Gasteiger partial charge in [0.05, 0.1) is 14.9 Å². The molecule has 0 aliphatic carbocycles. The van der Waals surface area contributed by atoms with E-state index >= 15 is 0 Å². The molecule has 0 aliphatic rings. The summed E-state index contributed by atoms with van der Waals surface area (Å²) in [7, 11) is -3.47. The quantitative estimate of drug-likeness (QED) is 0.887. The molecule has 0 atom stereocenters. The Morgan fingerprint density at radius 3 is 2.54 bits per heavy atom. The van der Waals surface area contributed by atoms with Crippen LogP contribution in [0.5, 0.6) is 0 Å². The molecule has 0 saturated carbocycles. The van der Waals surface area contributed by atoms with E-state index in [0.29, 0.717) is 4.88 Å². The summed E-state index contributed by atoms with van der Waals surface area (Å²) in [5.74, 6) is -0.599. The summed E-state index contributed by atoms with van der Waals surface area (Å²) < 4.78 is 24.0. The molecule has 1 rings (SSSR count). The number of rotatable bonds is 2. The summed E-state index contributed by atoms with van der Waals surface area (Å²) in [5.41, 5.74) is 0. The molecule has 1 aromatic heterocycles. The Balaban J connectivity index is 2.81. The molecule has 72 valence electrons. The molecule has 1 N–H and O–H groups in total. The predicted molar refractivity (Wildman–Crippen MR) is 54.3 cm³/mol. The summed E-state index contributed by atoms with van der Waals surface area (Å²) in [6.45, 7) is 0. The van der Waals surface area contributed by atoms with E-state index in [9.17, 15) is 13.2 Å². The second-order valence-electron chi connectivity index (χ2n) is 2.31. The molecule has 0 spiro atoms. The van der Waals surface area contributed by atoms with Gasteiger partial charge in [-0.3, -0.25) is 4.79 Å². The fraction of sp³-hybridized carbons (Fsp3) is 0.167. The largest absolute Gasteiger partial charge is 0.274 e. The minimum absolute atomic E-state index is 0.359. The lowest BCUT2D eigenvalue weighted by Gasteiger charge is -1.98. The van der Waals surface area contributed by atoms with Crippen LogP contribution in [0.2, 0.25) is 0 Å². The smallest absolute Gasteiger partial charge is 0.267 e. The summed E-state index contributed by atoms with van der Waals surface area (Å²) in [6, 6.07) is 3.23. The third kappa shape index (κ3) is 3.45. The van der Waals surface area contributed by atoms with Crippen LogP contribution < -0.4 is 4.72 Å². The van der Waals surface area contributed by atoms with Crippen LogP contribution in [0.25, 0.3) is 0 Å². The molecule has 0 saturated heterocycles. The number of nitrogens with one attached hydrogen (secondary N) is 1. The van der Waals surface area contributed by atoms with Crippen LogP contribution in [0, 0.1) is 0 Å². The van der Waals surface area contributed by atoms with Gasteiger partial charge >= 0.3 is 0 Å². The van der Waals surface area contributed by atoms with E-state index in [4.69, 9.17) is 0 Å². The van der Waals surface area contributed by atoms with Crippen LogP contribution >= 0.6 is 27.3 Å². The average Bonchev–Trinajstić information content (AvgIpc) is 2.31. The van der Waals surface area contributed by atoms with Crippen molar-refractivity contribution in [3.05, 3.63) is 20.8 Å². The molecule has 1 amide bonds. The van der Waals surface area contributed by atoms with Gasteiger partial charge in [0, 0.05) is 0 Å². The Labute approximate surface area is 88.1 Å². The molecule has 7 heteroatoms. The van der Waals surface area contributed by atoms with Gasteiger partial charge < -0.3 is 0 Å². The lowest BCUT2D eigenvalue weighted by Crippen LogP contribution is -2.28. The SMILES string of the molecule is CS(=O)(=O)NC(=O)c1ccc(Br)s1. The van der Waals surface area contributed by atoms with Crippen LogP contribution in [0.3, 0.4) is 0 Å². The molecule has 0 fully saturated rings. The number of carbonyl (C=O) groups is 1. The maximum atomic E-state index is 11.2. The van der Waals surface area contributed by atoms with E-state index in [0.717, 1.165) is 10.0 Å². The fourth-order valence-corrected chi connectivity index (χ4v) is 2.45. The Morgan fingerprint density at radius 2 is 2.15 bits per heavy atom. The second-order valence-corrected chi connectivity index (χ2v) is 6.52. The van der Waals surface area contributed by atoms with Crippen LogP contribution in [-0.4, -0.2) is 20.6 Å². The monoisotopic (exact) mass is 283 g/mol. The third-order valence-electron chi connectivity index (χ3n) is 1.08. The van der Waals surface area contributed by atoms with E-state index in [1.54, 1.807) is 12.1 Å². The Bertz CT molecular complexity index is 423. The standard InChI is InChI=1S/C6H6BrNO3S2/c1-13(10,11)8-6(9)4-2-3-5(7)12-4/h2-3H,1H3,(H,8,9). The van der Waals surface area contributed by atoms with Crippen molar-refractivity contribution < 1.29 is 13.2 Å². The van der Waals surface area contributed by atoms with E-state index in [1.807, 2.05) is 4.72 Å². The number of hydrogen-bond donors (Lipinski definition) is 1. The van der Waals surface area contributed by atoms with E-state index in [-0.39, 0.29) is 0 Å². The van der Waals surface area contributed by atoms with Gasteiger partial charge in [-0.05, 0) is 28.1 Å². The van der Waals surface area contributed by atoms with Crippen molar-refractivity contribution in [2.45, 2.75) is 0 Å². The van der Waals surface area contributed by atoms with Crippen LogP contribution in [0.4, 0.5) is 0 Å². The molecular weight excluding hydrogens is 278 g/mol. The van der Waals surface area contributed by atoms with Crippen molar-refractivity contribution in [1.82, 2.24) is 4.72 Å². The zero-order chi connectivity index (χ0) is 10.1. The van der Waals surface area contributed by atoms with Gasteiger partial charge in [-0.2, -0.15) is 0 Å². The van der Waals surface area contributed by atoms with Crippen molar-refractivity contribution in [2.75, 3.05) is 6.26 Å². The summed E-state index contributed by atoms with van der Waals surface area (Å²) >= 11 is 4.35. The molecule has 13 heavy (non-hydrogen) atoms. The van der Waals surface area contributed by atoms with Crippen LogP contribution in [0.1, 0.15) is 9.67 Å². The Hall–Kier alpha value is -0.400. The highest BCUT2D eigenvalue weighted by Crippen LogP contribution is 2.21. The molecule has 1 aromatic rings. The highest BCUT2D eigenvalue weighted by Gasteiger charge is 2.12. The molecular formula is C6H6BrNO3S2. The van der Waals surface area contributed by atoms with E-state index < -0.39 is 15.9 Å². The normalized spacial score (nSPS) is 11.2. The molecule has 0 bridgehead atoms. The molecule has 1 heterocycles. The zero-order valence-corrected chi connectivity index (χ0v) is 9.79. The van der Waals surface area contributed by atoms with Crippen molar-refractivity contribution >= 4 is 43.2 Å². The van der Waals surface area contributed by atoms with Gasteiger partial charge in [0.2, 0.25) is 10.0 Å². The number of amides is 1. The summed E-state index contributed by atoms with van der Waals surface area (Å²) in [5, 5.41) is 0. The Kier molecular flexibility index (Phi) is 3.09. The van der Waals surface area contributed by atoms with Crippen molar-refractivity contribution in [1.29, 1.82) is 0 Å². The number of carbonyl (C=O) groups excluding carboxylic acids is 1. The lowest BCUT2D eigenvalue weighted by molar-refractivity contribution is 0.0985. The average molecular weight is 284 g/mol. The van der Waals surface area contributed by atoms with Crippen molar-refractivity contribution in [3.8, 4) is 0 Å². The first-order valence-electron chi connectivity index (χ1n) is 3.16. The minimum atomic E-state index is -3.47. The van der Waals surface area contributed by atoms with Gasteiger partial charge in [0.1, 0.15) is 0 Å². The molecule has 0 aromatic carbocycles. The first-order valence-corrected chi connectivity index (χ1v) is 6.66. The summed E-state index contributed by atoms with van der Waals surface area (Å²) in [4.78, 5) is 11.5. The van der Waals surface area contributed by atoms with E-state index in [1.165, 1.54) is 11.3 Å². The van der Waals surface area contributed by atoms with Gasteiger partial charge in [0.15, 0.2) is 0 Å². The lowest BCUT2D eigenvalue weighted by atomic mass is 10.5. The highest BCUT2D eigenvalue weighted by atomic mass is 79.9. The van der Waals surface area contributed by atoms with Crippen LogP contribution in [0.15, 0.2) is 15.9 Å². The molecule has 4 nitrogen and oxygen atoms in total.